The fourth-order valence-electron chi connectivity index (χ4n) is 2.63. The van der Waals surface area contributed by atoms with Crippen LogP contribution in [-0.4, -0.2) is 28.7 Å². The summed E-state index contributed by atoms with van der Waals surface area (Å²) in [6.07, 6.45) is 2.20. The van der Waals surface area contributed by atoms with E-state index in [1.807, 2.05) is 12.1 Å². The lowest BCUT2D eigenvalue weighted by Gasteiger charge is -2.04. The van der Waals surface area contributed by atoms with E-state index in [4.69, 9.17) is 4.74 Å². The Labute approximate surface area is 144 Å². The number of carbonyl (C=O) groups excluding carboxylic acids is 2. The summed E-state index contributed by atoms with van der Waals surface area (Å²) in [7, 11) is 0. The minimum atomic E-state index is -0.195. The highest BCUT2D eigenvalue weighted by molar-refractivity contribution is 7.15. The summed E-state index contributed by atoms with van der Waals surface area (Å²) in [6.45, 7) is 2.52. The van der Waals surface area contributed by atoms with Crippen LogP contribution in [0.3, 0.4) is 0 Å². The minimum absolute atomic E-state index is 0.145. The summed E-state index contributed by atoms with van der Waals surface area (Å²) in [5, 5.41) is 12.3. The molecule has 24 heavy (non-hydrogen) atoms. The van der Waals surface area contributed by atoms with Crippen LogP contribution in [0.2, 0.25) is 0 Å². The molecule has 0 unspecified atom stereocenters. The van der Waals surface area contributed by atoms with Gasteiger partial charge in [0, 0.05) is 12.8 Å². The van der Waals surface area contributed by atoms with Gasteiger partial charge in [-0.25, -0.2) is 0 Å². The molecule has 1 aromatic heterocycles. The number of amides is 1. The number of aromatic nitrogens is 2. The molecule has 6 nitrogen and oxygen atoms in total. The Bertz CT molecular complexity index is 744. The number of benzene rings is 1. The zero-order valence-corrected chi connectivity index (χ0v) is 14.3. The van der Waals surface area contributed by atoms with E-state index < -0.39 is 0 Å². The van der Waals surface area contributed by atoms with Gasteiger partial charge in [-0.1, -0.05) is 35.6 Å². The molecule has 1 aliphatic rings. The van der Waals surface area contributed by atoms with E-state index in [-0.39, 0.29) is 24.2 Å². The van der Waals surface area contributed by atoms with Crippen molar-refractivity contribution in [1.29, 1.82) is 0 Å². The normalized spacial score (nSPS) is 16.9. The van der Waals surface area contributed by atoms with Gasteiger partial charge in [-0.3, -0.25) is 9.59 Å². The van der Waals surface area contributed by atoms with Gasteiger partial charge in [0.05, 0.1) is 12.5 Å². The van der Waals surface area contributed by atoms with E-state index in [0.717, 1.165) is 5.01 Å². The quantitative estimate of drug-likeness (QED) is 0.814. The topological polar surface area (TPSA) is 81.2 Å². The summed E-state index contributed by atoms with van der Waals surface area (Å²) in [5.74, 6) is -0.491. The fourth-order valence-corrected chi connectivity index (χ4v) is 3.41. The van der Waals surface area contributed by atoms with E-state index in [1.54, 1.807) is 0 Å². The molecule has 0 saturated carbocycles. The number of carbonyl (C=O) groups is 2. The monoisotopic (exact) mass is 345 g/mol. The lowest BCUT2D eigenvalue weighted by Crippen LogP contribution is -2.15. The highest BCUT2D eigenvalue weighted by Crippen LogP contribution is 2.22. The van der Waals surface area contributed by atoms with Crippen molar-refractivity contribution in [1.82, 2.24) is 10.2 Å². The standard InChI is InChI=1S/C17H19N3O3S/c1-11-4-2-3-5-13(11)10-15-19-20-17(24-15)18-14(21)7-6-12-8-9-23-16(12)22/h2-5,12H,6-10H2,1H3,(H,18,20,21)/t12-/m1/s1. The molecule has 126 valence electrons. The Hall–Kier alpha value is -2.28. The first-order chi connectivity index (χ1) is 11.6. The Kier molecular flexibility index (Phi) is 5.20. The van der Waals surface area contributed by atoms with E-state index in [0.29, 0.717) is 31.0 Å². The number of cyclic esters (lactones) is 1. The molecule has 2 heterocycles. The third-order valence-corrected chi connectivity index (χ3v) is 4.92. The van der Waals surface area contributed by atoms with Gasteiger partial charge in [0.25, 0.3) is 0 Å². The van der Waals surface area contributed by atoms with Crippen molar-refractivity contribution in [2.75, 3.05) is 11.9 Å². The molecule has 7 heteroatoms. The van der Waals surface area contributed by atoms with Crippen LogP contribution in [0.15, 0.2) is 24.3 Å². The van der Waals surface area contributed by atoms with E-state index in [2.05, 4.69) is 34.6 Å². The van der Waals surface area contributed by atoms with Gasteiger partial charge in [-0.05, 0) is 30.9 Å². The number of esters is 1. The van der Waals surface area contributed by atoms with Gasteiger partial charge in [0.15, 0.2) is 0 Å². The van der Waals surface area contributed by atoms with Crippen LogP contribution in [0.4, 0.5) is 5.13 Å². The molecule has 0 radical (unpaired) electrons. The van der Waals surface area contributed by atoms with Crippen molar-refractivity contribution in [2.45, 2.75) is 32.6 Å². The molecular weight excluding hydrogens is 326 g/mol. The Balaban J connectivity index is 1.51. The van der Waals surface area contributed by atoms with Crippen molar-refractivity contribution in [3.05, 3.63) is 40.4 Å². The molecule has 1 N–H and O–H groups in total. The molecular formula is C17H19N3O3S. The molecule has 2 aromatic rings. The van der Waals surface area contributed by atoms with Crippen molar-refractivity contribution in [2.24, 2.45) is 5.92 Å². The van der Waals surface area contributed by atoms with Gasteiger partial charge in [-0.15, -0.1) is 10.2 Å². The maximum absolute atomic E-state index is 12.0. The van der Waals surface area contributed by atoms with Crippen molar-refractivity contribution < 1.29 is 14.3 Å². The number of ether oxygens (including phenoxy) is 1. The predicted molar refractivity (Wildman–Crippen MR) is 90.8 cm³/mol. The van der Waals surface area contributed by atoms with Crippen LogP contribution >= 0.6 is 11.3 Å². The van der Waals surface area contributed by atoms with Crippen LogP contribution in [0.25, 0.3) is 0 Å². The molecule has 1 saturated heterocycles. The summed E-state index contributed by atoms with van der Waals surface area (Å²) < 4.78 is 4.89. The molecule has 1 atom stereocenters. The third kappa shape index (κ3) is 4.17. The van der Waals surface area contributed by atoms with Crippen LogP contribution < -0.4 is 5.32 Å². The Morgan fingerprint density at radius 2 is 2.21 bits per heavy atom. The number of hydrogen-bond acceptors (Lipinski definition) is 6. The van der Waals surface area contributed by atoms with Crippen molar-refractivity contribution in [3.8, 4) is 0 Å². The first-order valence-electron chi connectivity index (χ1n) is 7.95. The third-order valence-electron chi connectivity index (χ3n) is 4.08. The van der Waals surface area contributed by atoms with Gasteiger partial charge in [0.2, 0.25) is 11.0 Å². The van der Waals surface area contributed by atoms with Crippen LogP contribution in [0.5, 0.6) is 0 Å². The van der Waals surface area contributed by atoms with Gasteiger partial charge < -0.3 is 10.1 Å². The largest absolute Gasteiger partial charge is 0.465 e. The number of nitrogens with one attached hydrogen (secondary N) is 1. The van der Waals surface area contributed by atoms with E-state index in [1.165, 1.54) is 22.5 Å². The van der Waals surface area contributed by atoms with Crippen LogP contribution in [0.1, 0.15) is 35.4 Å². The number of anilines is 1. The average molecular weight is 345 g/mol. The molecule has 1 fully saturated rings. The second-order valence-electron chi connectivity index (χ2n) is 5.84. The van der Waals surface area contributed by atoms with Gasteiger partial charge in [-0.2, -0.15) is 0 Å². The van der Waals surface area contributed by atoms with Crippen LogP contribution in [0, 0.1) is 12.8 Å². The molecule has 0 bridgehead atoms. The number of nitrogens with zero attached hydrogens (tertiary/aromatic N) is 2. The minimum Gasteiger partial charge on any atom is -0.465 e. The average Bonchev–Trinajstić information content (AvgIpc) is 3.17. The summed E-state index contributed by atoms with van der Waals surface area (Å²) >= 11 is 1.38. The molecule has 1 aromatic carbocycles. The zero-order chi connectivity index (χ0) is 16.9. The fraction of sp³-hybridized carbons (Fsp3) is 0.412. The van der Waals surface area contributed by atoms with Gasteiger partial charge in [0.1, 0.15) is 5.01 Å². The highest BCUT2D eigenvalue weighted by Gasteiger charge is 2.26. The smallest absolute Gasteiger partial charge is 0.309 e. The van der Waals surface area contributed by atoms with E-state index in [9.17, 15) is 9.59 Å². The number of hydrogen-bond donors (Lipinski definition) is 1. The Morgan fingerprint density at radius 1 is 1.38 bits per heavy atom. The maximum Gasteiger partial charge on any atom is 0.309 e. The summed E-state index contributed by atoms with van der Waals surface area (Å²) in [4.78, 5) is 23.3. The van der Waals surface area contributed by atoms with E-state index >= 15 is 0 Å². The number of aryl methyl sites for hydroxylation is 1. The first-order valence-corrected chi connectivity index (χ1v) is 8.77. The Morgan fingerprint density at radius 3 is 2.96 bits per heavy atom. The molecule has 1 amide bonds. The first kappa shape index (κ1) is 16.6. The molecule has 0 aliphatic carbocycles. The molecule has 1 aliphatic heterocycles. The second kappa shape index (κ2) is 7.53. The predicted octanol–water partition coefficient (Wildman–Crippen LogP) is 2.72. The molecule has 3 rings (SSSR count). The summed E-state index contributed by atoms with van der Waals surface area (Å²) in [6, 6.07) is 8.13. The maximum atomic E-state index is 12.0. The lowest BCUT2D eigenvalue weighted by atomic mass is 10.0. The highest BCUT2D eigenvalue weighted by atomic mass is 32.1. The second-order valence-corrected chi connectivity index (χ2v) is 6.91. The SMILES string of the molecule is Cc1ccccc1Cc1nnc(NC(=O)CC[C@@H]2CCOC2=O)s1. The zero-order valence-electron chi connectivity index (χ0n) is 13.4. The van der Waals surface area contributed by atoms with Gasteiger partial charge >= 0.3 is 5.97 Å². The van der Waals surface area contributed by atoms with Crippen molar-refractivity contribution >= 4 is 28.3 Å². The lowest BCUT2D eigenvalue weighted by molar-refractivity contribution is -0.141. The van der Waals surface area contributed by atoms with Crippen LogP contribution in [-0.2, 0) is 20.7 Å². The van der Waals surface area contributed by atoms with Crippen molar-refractivity contribution in [3.63, 3.8) is 0 Å². The number of rotatable bonds is 6. The summed E-state index contributed by atoms with van der Waals surface area (Å²) in [5.41, 5.74) is 2.41. The molecule has 0 spiro atoms.